The van der Waals surface area contributed by atoms with E-state index in [1.165, 1.54) is 0 Å². The van der Waals surface area contributed by atoms with E-state index in [2.05, 4.69) is 21.9 Å². The van der Waals surface area contributed by atoms with Crippen molar-refractivity contribution >= 4 is 0 Å². The molecule has 3 heteroatoms. The lowest BCUT2D eigenvalue weighted by Gasteiger charge is -1.96. The van der Waals surface area contributed by atoms with Gasteiger partial charge in [0.1, 0.15) is 0 Å². The highest BCUT2D eigenvalue weighted by Crippen LogP contribution is 1.87. The molecule has 0 aromatic carbocycles. The van der Waals surface area contributed by atoms with Gasteiger partial charge in [0, 0.05) is 12.4 Å². The van der Waals surface area contributed by atoms with Gasteiger partial charge in [-0.25, -0.2) is 0 Å². The van der Waals surface area contributed by atoms with Gasteiger partial charge in [0.25, 0.3) is 0 Å². The molecule has 0 aliphatic heterocycles. The van der Waals surface area contributed by atoms with Crippen molar-refractivity contribution in [2.24, 2.45) is 0 Å². The summed E-state index contributed by atoms with van der Waals surface area (Å²) in [6.45, 7) is 4.21. The minimum absolute atomic E-state index is 0.692. The van der Waals surface area contributed by atoms with Crippen LogP contribution in [0, 0.1) is 0 Å². The van der Waals surface area contributed by atoms with Gasteiger partial charge in [0.2, 0.25) is 0 Å². The molecular weight excluding hydrogens is 126 g/mol. The van der Waals surface area contributed by atoms with E-state index in [-0.39, 0.29) is 0 Å². The first-order valence-electron chi connectivity index (χ1n) is 3.02. The van der Waals surface area contributed by atoms with Crippen molar-refractivity contribution in [2.45, 2.75) is 6.54 Å². The maximum absolute atomic E-state index is 4.04. The fraction of sp³-hybridized carbons (Fsp3) is 0.143. The van der Waals surface area contributed by atoms with Crippen molar-refractivity contribution in [2.75, 3.05) is 0 Å². The largest absolute Gasteiger partial charge is 0.386 e. The molecule has 0 bridgehead atoms. The summed E-state index contributed by atoms with van der Waals surface area (Å²) in [7, 11) is 0. The lowest BCUT2D eigenvalue weighted by atomic mass is 10.4. The summed E-state index contributed by atoms with van der Waals surface area (Å²) in [4.78, 5) is 7.94. The molecule has 0 amide bonds. The van der Waals surface area contributed by atoms with Gasteiger partial charge in [0.15, 0.2) is 0 Å². The Bertz CT molecular complexity index is 195. The first kappa shape index (κ1) is 6.74. The van der Waals surface area contributed by atoms with E-state index in [4.69, 9.17) is 0 Å². The van der Waals surface area contributed by atoms with E-state index in [0.29, 0.717) is 6.54 Å². The standard InChI is InChI=1S/C7H9N3/c1-2-8-5-7-6-9-3-4-10-7/h2-4,6,8H,1,5H2. The Hall–Kier alpha value is -1.38. The van der Waals surface area contributed by atoms with Crippen molar-refractivity contribution < 1.29 is 0 Å². The summed E-state index contributed by atoms with van der Waals surface area (Å²) in [5.41, 5.74) is 0.919. The third kappa shape index (κ3) is 1.85. The fourth-order valence-corrected chi connectivity index (χ4v) is 0.598. The van der Waals surface area contributed by atoms with Gasteiger partial charge < -0.3 is 5.32 Å². The maximum atomic E-state index is 4.04. The van der Waals surface area contributed by atoms with Gasteiger partial charge in [-0.3, -0.25) is 9.97 Å². The highest BCUT2D eigenvalue weighted by Gasteiger charge is 1.87. The summed E-state index contributed by atoms with van der Waals surface area (Å²) in [5, 5.41) is 2.93. The summed E-state index contributed by atoms with van der Waals surface area (Å²) in [5.74, 6) is 0. The van der Waals surface area contributed by atoms with Gasteiger partial charge in [-0.15, -0.1) is 0 Å². The van der Waals surface area contributed by atoms with Crippen LogP contribution in [0.15, 0.2) is 31.4 Å². The number of rotatable bonds is 3. The predicted octanol–water partition coefficient (Wildman–Crippen LogP) is 0.710. The second kappa shape index (κ2) is 3.61. The van der Waals surface area contributed by atoms with Crippen LogP contribution < -0.4 is 5.32 Å². The quantitative estimate of drug-likeness (QED) is 0.663. The maximum Gasteiger partial charge on any atom is 0.0777 e. The summed E-state index contributed by atoms with van der Waals surface area (Å²) in [6, 6.07) is 0. The molecule has 1 aromatic rings. The zero-order valence-corrected chi connectivity index (χ0v) is 5.62. The summed E-state index contributed by atoms with van der Waals surface area (Å²) < 4.78 is 0. The molecular formula is C7H9N3. The minimum Gasteiger partial charge on any atom is -0.386 e. The topological polar surface area (TPSA) is 37.8 Å². The summed E-state index contributed by atoms with van der Waals surface area (Å²) in [6.07, 6.45) is 6.67. The molecule has 1 N–H and O–H groups in total. The van der Waals surface area contributed by atoms with Crippen LogP contribution in [0.25, 0.3) is 0 Å². The molecule has 0 fully saturated rings. The molecule has 1 heterocycles. The Labute approximate surface area is 59.8 Å². The van der Waals surface area contributed by atoms with Crippen molar-refractivity contribution in [1.29, 1.82) is 0 Å². The van der Waals surface area contributed by atoms with E-state index >= 15 is 0 Å². The lowest BCUT2D eigenvalue weighted by Crippen LogP contribution is -2.05. The molecule has 0 saturated carbocycles. The first-order valence-corrected chi connectivity index (χ1v) is 3.02. The third-order valence-corrected chi connectivity index (χ3v) is 1.04. The molecule has 52 valence electrons. The lowest BCUT2D eigenvalue weighted by molar-refractivity contribution is 0.828. The van der Waals surface area contributed by atoms with Gasteiger partial charge in [0.05, 0.1) is 18.4 Å². The van der Waals surface area contributed by atoms with Crippen LogP contribution in [-0.2, 0) is 6.54 Å². The fourth-order valence-electron chi connectivity index (χ4n) is 0.598. The normalized spacial score (nSPS) is 8.80. The van der Waals surface area contributed by atoms with E-state index in [9.17, 15) is 0 Å². The van der Waals surface area contributed by atoms with E-state index in [1.54, 1.807) is 24.8 Å². The van der Waals surface area contributed by atoms with Crippen molar-refractivity contribution in [1.82, 2.24) is 15.3 Å². The molecule has 0 aliphatic rings. The second-order valence-corrected chi connectivity index (χ2v) is 1.78. The molecule has 0 unspecified atom stereocenters. The smallest absolute Gasteiger partial charge is 0.0777 e. The predicted molar refractivity (Wildman–Crippen MR) is 39.1 cm³/mol. The number of aromatic nitrogens is 2. The average molecular weight is 135 g/mol. The van der Waals surface area contributed by atoms with Crippen LogP contribution >= 0.6 is 0 Å². The van der Waals surface area contributed by atoms with Crippen LogP contribution in [0.1, 0.15) is 5.69 Å². The van der Waals surface area contributed by atoms with Gasteiger partial charge in [-0.2, -0.15) is 0 Å². The number of hydrogen-bond donors (Lipinski definition) is 1. The Morgan fingerprint density at radius 2 is 2.50 bits per heavy atom. The molecule has 3 nitrogen and oxygen atoms in total. The molecule has 0 saturated heterocycles. The number of hydrogen-bond acceptors (Lipinski definition) is 3. The monoisotopic (exact) mass is 135 g/mol. The highest BCUT2D eigenvalue weighted by atomic mass is 14.9. The van der Waals surface area contributed by atoms with E-state index in [0.717, 1.165) is 5.69 Å². The van der Waals surface area contributed by atoms with Crippen molar-refractivity contribution in [3.05, 3.63) is 37.1 Å². The molecule has 0 atom stereocenters. The second-order valence-electron chi connectivity index (χ2n) is 1.78. The Morgan fingerprint density at radius 1 is 1.60 bits per heavy atom. The van der Waals surface area contributed by atoms with Gasteiger partial charge >= 0.3 is 0 Å². The number of nitrogens with zero attached hydrogens (tertiary/aromatic N) is 2. The van der Waals surface area contributed by atoms with Crippen LogP contribution in [0.2, 0.25) is 0 Å². The van der Waals surface area contributed by atoms with E-state index < -0.39 is 0 Å². The van der Waals surface area contributed by atoms with E-state index in [1.807, 2.05) is 0 Å². The zero-order chi connectivity index (χ0) is 7.23. The van der Waals surface area contributed by atoms with Crippen molar-refractivity contribution in [3.63, 3.8) is 0 Å². The van der Waals surface area contributed by atoms with Crippen LogP contribution in [0.4, 0.5) is 0 Å². The molecule has 0 spiro atoms. The van der Waals surface area contributed by atoms with Crippen LogP contribution in [0.5, 0.6) is 0 Å². The van der Waals surface area contributed by atoms with Crippen LogP contribution in [-0.4, -0.2) is 9.97 Å². The molecule has 1 rings (SSSR count). The first-order chi connectivity index (χ1) is 4.93. The van der Waals surface area contributed by atoms with Gasteiger partial charge in [-0.1, -0.05) is 6.58 Å². The Kier molecular flexibility index (Phi) is 2.43. The Morgan fingerprint density at radius 3 is 3.10 bits per heavy atom. The average Bonchev–Trinajstić information content (AvgIpc) is 2.03. The molecule has 1 aromatic heterocycles. The van der Waals surface area contributed by atoms with Crippen LogP contribution in [0.3, 0.4) is 0 Å². The highest BCUT2D eigenvalue weighted by molar-refractivity contribution is 4.94. The molecule has 0 aliphatic carbocycles. The minimum atomic E-state index is 0.692. The SMILES string of the molecule is C=CNCc1cnccn1. The zero-order valence-electron chi connectivity index (χ0n) is 5.62. The number of nitrogens with one attached hydrogen (secondary N) is 1. The molecule has 0 radical (unpaired) electrons. The summed E-state index contributed by atoms with van der Waals surface area (Å²) >= 11 is 0. The van der Waals surface area contributed by atoms with Crippen molar-refractivity contribution in [3.8, 4) is 0 Å². The Balaban J connectivity index is 2.50. The van der Waals surface area contributed by atoms with Gasteiger partial charge in [-0.05, 0) is 6.20 Å². The molecule has 10 heavy (non-hydrogen) atoms. The third-order valence-electron chi connectivity index (χ3n) is 1.04.